The van der Waals surface area contributed by atoms with E-state index in [1.165, 1.54) is 0 Å². The van der Waals surface area contributed by atoms with Crippen molar-refractivity contribution in [2.45, 2.75) is 51.0 Å². The summed E-state index contributed by atoms with van der Waals surface area (Å²) in [5, 5.41) is 12.1. The van der Waals surface area contributed by atoms with Gasteiger partial charge in [0.05, 0.1) is 0 Å². The predicted octanol–water partition coefficient (Wildman–Crippen LogP) is 1.55. The van der Waals surface area contributed by atoms with E-state index in [9.17, 15) is 14.7 Å². The number of carboxylic acids is 1. The van der Waals surface area contributed by atoms with E-state index in [1.807, 2.05) is 0 Å². The Labute approximate surface area is 95.4 Å². The summed E-state index contributed by atoms with van der Waals surface area (Å²) in [4.78, 5) is 23.0. The third kappa shape index (κ3) is 2.20. The van der Waals surface area contributed by atoms with Crippen molar-refractivity contribution in [3.8, 4) is 0 Å². The molecule has 2 aliphatic carbocycles. The van der Waals surface area contributed by atoms with Crippen molar-refractivity contribution in [3.05, 3.63) is 0 Å². The van der Waals surface area contributed by atoms with E-state index in [4.69, 9.17) is 0 Å². The summed E-state index contributed by atoms with van der Waals surface area (Å²) in [6.07, 6.45) is 4.74. The molecule has 0 aromatic carbocycles. The number of hydrogen-bond acceptors (Lipinski definition) is 2. The smallest absolute Gasteiger partial charge is 0.329 e. The van der Waals surface area contributed by atoms with Gasteiger partial charge in [0.15, 0.2) is 0 Å². The van der Waals surface area contributed by atoms with Crippen LogP contribution in [-0.2, 0) is 9.59 Å². The summed E-state index contributed by atoms with van der Waals surface area (Å²) >= 11 is 0. The van der Waals surface area contributed by atoms with Crippen molar-refractivity contribution < 1.29 is 14.7 Å². The number of carbonyl (C=O) groups excluding carboxylic acids is 1. The van der Waals surface area contributed by atoms with Gasteiger partial charge in [-0.1, -0.05) is 6.92 Å². The number of hydrogen-bond donors (Lipinski definition) is 2. The van der Waals surface area contributed by atoms with Crippen LogP contribution in [0.25, 0.3) is 0 Å². The van der Waals surface area contributed by atoms with Crippen LogP contribution < -0.4 is 5.32 Å². The first-order chi connectivity index (χ1) is 7.53. The molecule has 16 heavy (non-hydrogen) atoms. The SMILES string of the molecule is CC1CCC(NC(=O)C2CC2)(C(=O)O)CC1. The van der Waals surface area contributed by atoms with Gasteiger partial charge in [-0.05, 0) is 44.4 Å². The van der Waals surface area contributed by atoms with Crippen molar-refractivity contribution in [1.82, 2.24) is 5.32 Å². The minimum atomic E-state index is -0.980. The van der Waals surface area contributed by atoms with Gasteiger partial charge in [-0.3, -0.25) is 4.79 Å². The molecule has 2 fully saturated rings. The van der Waals surface area contributed by atoms with Crippen molar-refractivity contribution in [3.63, 3.8) is 0 Å². The van der Waals surface area contributed by atoms with Crippen LogP contribution in [0, 0.1) is 11.8 Å². The van der Waals surface area contributed by atoms with Crippen LogP contribution in [-0.4, -0.2) is 22.5 Å². The number of carboxylic acid groups (broad SMARTS) is 1. The van der Waals surface area contributed by atoms with Gasteiger partial charge in [-0.2, -0.15) is 0 Å². The molecule has 1 amide bonds. The van der Waals surface area contributed by atoms with E-state index in [2.05, 4.69) is 12.2 Å². The van der Waals surface area contributed by atoms with Gasteiger partial charge in [-0.15, -0.1) is 0 Å². The molecule has 0 aliphatic heterocycles. The highest BCUT2D eigenvalue weighted by Gasteiger charge is 2.44. The Morgan fingerprint density at radius 2 is 1.75 bits per heavy atom. The Bertz CT molecular complexity index is 301. The van der Waals surface area contributed by atoms with Gasteiger partial charge in [0.1, 0.15) is 5.54 Å². The normalized spacial score (nSPS) is 34.4. The van der Waals surface area contributed by atoms with Gasteiger partial charge in [0, 0.05) is 5.92 Å². The standard InChI is InChI=1S/C12H19NO3/c1-8-4-6-12(7-5-8,11(15)16)13-10(14)9-2-3-9/h8-9H,2-7H2,1H3,(H,13,14)(H,15,16). The van der Waals surface area contributed by atoms with E-state index in [1.54, 1.807) is 0 Å². The van der Waals surface area contributed by atoms with E-state index in [-0.39, 0.29) is 11.8 Å². The molecular formula is C12H19NO3. The van der Waals surface area contributed by atoms with Crippen LogP contribution in [0.2, 0.25) is 0 Å². The summed E-state index contributed by atoms with van der Waals surface area (Å²) in [6.45, 7) is 2.13. The highest BCUT2D eigenvalue weighted by molar-refractivity contribution is 5.89. The average Bonchev–Trinajstić information content (AvgIpc) is 3.04. The van der Waals surface area contributed by atoms with E-state index in [0.29, 0.717) is 18.8 Å². The maximum absolute atomic E-state index is 11.7. The van der Waals surface area contributed by atoms with Crippen LogP contribution in [0.1, 0.15) is 45.4 Å². The monoisotopic (exact) mass is 225 g/mol. The number of aliphatic carboxylic acids is 1. The molecule has 4 nitrogen and oxygen atoms in total. The van der Waals surface area contributed by atoms with Gasteiger partial charge in [0.25, 0.3) is 0 Å². The summed E-state index contributed by atoms with van der Waals surface area (Å²) in [7, 11) is 0. The topological polar surface area (TPSA) is 66.4 Å². The molecule has 4 heteroatoms. The molecule has 0 aromatic rings. The molecule has 0 heterocycles. The molecule has 0 spiro atoms. The molecular weight excluding hydrogens is 206 g/mol. The van der Waals surface area contributed by atoms with Crippen molar-refractivity contribution in [2.24, 2.45) is 11.8 Å². The maximum atomic E-state index is 11.7. The molecule has 0 saturated heterocycles. The molecule has 90 valence electrons. The number of nitrogens with one attached hydrogen (secondary N) is 1. The first kappa shape index (κ1) is 11.4. The summed E-state index contributed by atoms with van der Waals surface area (Å²) in [5.74, 6) is -0.272. The highest BCUT2D eigenvalue weighted by Crippen LogP contribution is 2.35. The Kier molecular flexibility index (Phi) is 2.91. The van der Waals surface area contributed by atoms with Gasteiger partial charge in [-0.25, -0.2) is 4.79 Å². The van der Waals surface area contributed by atoms with Crippen LogP contribution in [0.5, 0.6) is 0 Å². The number of rotatable bonds is 3. The van der Waals surface area contributed by atoms with Crippen molar-refractivity contribution in [1.29, 1.82) is 0 Å². The van der Waals surface area contributed by atoms with Gasteiger partial charge in [0.2, 0.25) is 5.91 Å². The van der Waals surface area contributed by atoms with E-state index < -0.39 is 11.5 Å². The average molecular weight is 225 g/mol. The maximum Gasteiger partial charge on any atom is 0.329 e. The lowest BCUT2D eigenvalue weighted by Gasteiger charge is -2.36. The Morgan fingerprint density at radius 1 is 1.19 bits per heavy atom. The molecule has 0 atom stereocenters. The molecule has 0 bridgehead atoms. The zero-order chi connectivity index (χ0) is 11.8. The van der Waals surface area contributed by atoms with E-state index in [0.717, 1.165) is 25.7 Å². The third-order valence-corrected chi connectivity index (χ3v) is 3.85. The second-order valence-corrected chi connectivity index (χ2v) is 5.33. The van der Waals surface area contributed by atoms with Crippen LogP contribution in [0.15, 0.2) is 0 Å². The first-order valence-electron chi connectivity index (χ1n) is 6.09. The molecule has 2 N–H and O–H groups in total. The highest BCUT2D eigenvalue weighted by atomic mass is 16.4. The lowest BCUT2D eigenvalue weighted by atomic mass is 9.77. The fourth-order valence-corrected chi connectivity index (χ4v) is 2.33. The fraction of sp³-hybridized carbons (Fsp3) is 0.833. The minimum absolute atomic E-state index is 0.0584. The molecule has 0 aromatic heterocycles. The summed E-state index contributed by atoms with van der Waals surface area (Å²) in [6, 6.07) is 0. The van der Waals surface area contributed by atoms with E-state index >= 15 is 0 Å². The van der Waals surface area contributed by atoms with Crippen molar-refractivity contribution in [2.75, 3.05) is 0 Å². The minimum Gasteiger partial charge on any atom is -0.480 e. The Morgan fingerprint density at radius 3 is 2.19 bits per heavy atom. The number of amides is 1. The largest absolute Gasteiger partial charge is 0.480 e. The zero-order valence-corrected chi connectivity index (χ0v) is 9.66. The second-order valence-electron chi connectivity index (χ2n) is 5.33. The summed E-state index contributed by atoms with van der Waals surface area (Å²) in [5.41, 5.74) is -0.980. The molecule has 2 aliphatic rings. The predicted molar refractivity (Wildman–Crippen MR) is 58.9 cm³/mol. The van der Waals surface area contributed by atoms with Crippen LogP contribution in [0.4, 0.5) is 0 Å². The van der Waals surface area contributed by atoms with Crippen LogP contribution >= 0.6 is 0 Å². The van der Waals surface area contributed by atoms with Crippen molar-refractivity contribution >= 4 is 11.9 Å². The lowest BCUT2D eigenvalue weighted by molar-refractivity contribution is -0.149. The van der Waals surface area contributed by atoms with Crippen LogP contribution in [0.3, 0.4) is 0 Å². The molecule has 0 unspecified atom stereocenters. The number of carbonyl (C=O) groups is 2. The molecule has 0 radical (unpaired) electrons. The lowest BCUT2D eigenvalue weighted by Crippen LogP contribution is -2.56. The Hall–Kier alpha value is -1.06. The van der Waals surface area contributed by atoms with Gasteiger partial charge < -0.3 is 10.4 Å². The first-order valence-corrected chi connectivity index (χ1v) is 6.09. The quantitative estimate of drug-likeness (QED) is 0.765. The molecule has 2 saturated carbocycles. The Balaban J connectivity index is 2.03. The molecule has 2 rings (SSSR count). The third-order valence-electron chi connectivity index (χ3n) is 3.85. The van der Waals surface area contributed by atoms with Gasteiger partial charge >= 0.3 is 5.97 Å². The second kappa shape index (κ2) is 4.07. The summed E-state index contributed by atoms with van der Waals surface area (Å²) < 4.78 is 0. The fourth-order valence-electron chi connectivity index (χ4n) is 2.33. The zero-order valence-electron chi connectivity index (χ0n) is 9.66.